The van der Waals surface area contributed by atoms with Gasteiger partial charge in [-0.05, 0) is 50.9 Å². The lowest BCUT2D eigenvalue weighted by Crippen LogP contribution is -2.39. The standard InChI is InChI=1S/C15H23N3O2/c19-11-13-3-1-10-18(13)15(20)14-4-2-9-17(14)12-5-7-16-8-6-12/h2,4,9,12-13,16,19H,1,3,5-8,10-11H2. The molecule has 20 heavy (non-hydrogen) atoms. The molecule has 2 N–H and O–H groups in total. The average Bonchev–Trinajstić information content (AvgIpc) is 3.16. The molecule has 110 valence electrons. The molecule has 1 aromatic rings. The van der Waals surface area contributed by atoms with Gasteiger partial charge in [0.2, 0.25) is 0 Å². The Morgan fingerprint density at radius 1 is 1.35 bits per heavy atom. The largest absolute Gasteiger partial charge is 0.394 e. The fraction of sp³-hybridized carbons (Fsp3) is 0.667. The molecule has 0 bridgehead atoms. The van der Waals surface area contributed by atoms with Crippen molar-refractivity contribution in [2.75, 3.05) is 26.2 Å². The minimum atomic E-state index is -0.00104. The molecule has 2 aliphatic heterocycles. The van der Waals surface area contributed by atoms with Crippen molar-refractivity contribution in [1.82, 2.24) is 14.8 Å². The van der Waals surface area contributed by atoms with Crippen molar-refractivity contribution < 1.29 is 9.90 Å². The number of nitrogens with one attached hydrogen (secondary N) is 1. The zero-order valence-electron chi connectivity index (χ0n) is 11.8. The van der Waals surface area contributed by atoms with Gasteiger partial charge < -0.3 is 19.9 Å². The summed E-state index contributed by atoms with van der Waals surface area (Å²) in [6.07, 6.45) is 6.06. The van der Waals surface area contributed by atoms with Crippen LogP contribution in [0.2, 0.25) is 0 Å². The molecule has 2 saturated heterocycles. The van der Waals surface area contributed by atoms with Crippen molar-refractivity contribution >= 4 is 5.91 Å². The first-order valence-corrected chi connectivity index (χ1v) is 7.60. The van der Waals surface area contributed by atoms with Gasteiger partial charge in [0.15, 0.2) is 0 Å². The number of aliphatic hydroxyl groups is 1. The average molecular weight is 277 g/mol. The SMILES string of the molecule is O=C(c1cccn1C1CCNCC1)N1CCCC1CO. The zero-order valence-corrected chi connectivity index (χ0v) is 11.8. The van der Waals surface area contributed by atoms with Crippen LogP contribution in [0, 0.1) is 0 Å². The molecule has 5 nitrogen and oxygen atoms in total. The first kappa shape index (κ1) is 13.6. The number of carbonyl (C=O) groups excluding carboxylic acids is 1. The zero-order chi connectivity index (χ0) is 13.9. The highest BCUT2D eigenvalue weighted by Gasteiger charge is 2.31. The number of aromatic nitrogens is 1. The van der Waals surface area contributed by atoms with Gasteiger partial charge in [0, 0.05) is 18.8 Å². The number of likely N-dealkylation sites (tertiary alicyclic amines) is 1. The van der Waals surface area contributed by atoms with Crippen LogP contribution >= 0.6 is 0 Å². The lowest BCUT2D eigenvalue weighted by molar-refractivity contribution is 0.0663. The minimum absolute atomic E-state index is 0.00104. The maximum absolute atomic E-state index is 12.7. The van der Waals surface area contributed by atoms with Gasteiger partial charge in [-0.15, -0.1) is 0 Å². The van der Waals surface area contributed by atoms with Gasteiger partial charge in [0.05, 0.1) is 12.6 Å². The summed E-state index contributed by atoms with van der Waals surface area (Å²) in [7, 11) is 0. The van der Waals surface area contributed by atoms with Crippen LogP contribution in [0.4, 0.5) is 0 Å². The van der Waals surface area contributed by atoms with Crippen molar-refractivity contribution in [2.45, 2.75) is 37.8 Å². The summed E-state index contributed by atoms with van der Waals surface area (Å²) in [5, 5.41) is 12.7. The molecule has 1 unspecified atom stereocenters. The molecule has 0 saturated carbocycles. The highest BCUT2D eigenvalue weighted by atomic mass is 16.3. The van der Waals surface area contributed by atoms with Gasteiger partial charge in [-0.1, -0.05) is 0 Å². The van der Waals surface area contributed by atoms with Crippen LogP contribution in [0.1, 0.15) is 42.2 Å². The van der Waals surface area contributed by atoms with Gasteiger partial charge in [-0.25, -0.2) is 0 Å². The van der Waals surface area contributed by atoms with Crippen molar-refractivity contribution in [2.24, 2.45) is 0 Å². The van der Waals surface area contributed by atoms with E-state index in [0.717, 1.165) is 51.0 Å². The molecule has 1 atom stereocenters. The predicted octanol–water partition coefficient (Wildman–Crippen LogP) is 1.01. The van der Waals surface area contributed by atoms with E-state index in [1.165, 1.54) is 0 Å². The van der Waals surface area contributed by atoms with E-state index in [0.29, 0.717) is 6.04 Å². The van der Waals surface area contributed by atoms with Gasteiger partial charge in [0.1, 0.15) is 5.69 Å². The topological polar surface area (TPSA) is 57.5 Å². The van der Waals surface area contributed by atoms with Crippen LogP contribution in [-0.4, -0.2) is 52.8 Å². The van der Waals surface area contributed by atoms with Crippen LogP contribution in [0.5, 0.6) is 0 Å². The molecular formula is C15H23N3O2. The maximum atomic E-state index is 12.7. The Labute approximate surface area is 119 Å². The molecule has 0 aliphatic carbocycles. The van der Waals surface area contributed by atoms with E-state index in [4.69, 9.17) is 0 Å². The van der Waals surface area contributed by atoms with Gasteiger partial charge in [-0.3, -0.25) is 4.79 Å². The molecule has 3 heterocycles. The summed E-state index contributed by atoms with van der Waals surface area (Å²) in [6.45, 7) is 2.86. The first-order valence-electron chi connectivity index (χ1n) is 7.60. The Morgan fingerprint density at radius 2 is 2.15 bits per heavy atom. The van der Waals surface area contributed by atoms with E-state index in [9.17, 15) is 9.90 Å². The van der Waals surface area contributed by atoms with Crippen LogP contribution in [0.25, 0.3) is 0 Å². The Hall–Kier alpha value is -1.33. The molecule has 0 aromatic carbocycles. The highest BCUT2D eigenvalue weighted by molar-refractivity contribution is 5.93. The van der Waals surface area contributed by atoms with E-state index < -0.39 is 0 Å². The summed E-state index contributed by atoms with van der Waals surface area (Å²) in [5.41, 5.74) is 0.775. The summed E-state index contributed by atoms with van der Waals surface area (Å²) in [4.78, 5) is 14.6. The van der Waals surface area contributed by atoms with E-state index in [1.807, 2.05) is 23.2 Å². The lowest BCUT2D eigenvalue weighted by atomic mass is 10.1. The number of nitrogens with zero attached hydrogens (tertiary/aromatic N) is 2. The predicted molar refractivity (Wildman–Crippen MR) is 76.7 cm³/mol. The second kappa shape index (κ2) is 5.97. The fourth-order valence-electron chi connectivity index (χ4n) is 3.42. The Balaban J connectivity index is 1.79. The minimum Gasteiger partial charge on any atom is -0.394 e. The fourth-order valence-corrected chi connectivity index (χ4v) is 3.42. The molecule has 2 fully saturated rings. The molecule has 0 spiro atoms. The Kier molecular flexibility index (Phi) is 4.08. The number of piperidine rings is 1. The molecular weight excluding hydrogens is 254 g/mol. The normalized spacial score (nSPS) is 24.2. The summed E-state index contributed by atoms with van der Waals surface area (Å²) in [6, 6.07) is 4.29. The molecule has 0 radical (unpaired) electrons. The lowest BCUT2D eigenvalue weighted by Gasteiger charge is -2.28. The van der Waals surface area contributed by atoms with Crippen LogP contribution in [-0.2, 0) is 0 Å². The van der Waals surface area contributed by atoms with Crippen LogP contribution in [0.15, 0.2) is 18.3 Å². The third kappa shape index (κ3) is 2.47. The van der Waals surface area contributed by atoms with Crippen molar-refractivity contribution in [3.63, 3.8) is 0 Å². The van der Waals surface area contributed by atoms with Crippen molar-refractivity contribution in [1.29, 1.82) is 0 Å². The number of amides is 1. The van der Waals surface area contributed by atoms with Gasteiger partial charge in [-0.2, -0.15) is 0 Å². The number of carbonyl (C=O) groups is 1. The van der Waals surface area contributed by atoms with Crippen LogP contribution < -0.4 is 5.32 Å². The van der Waals surface area contributed by atoms with E-state index in [2.05, 4.69) is 9.88 Å². The van der Waals surface area contributed by atoms with Gasteiger partial charge in [0.25, 0.3) is 5.91 Å². The maximum Gasteiger partial charge on any atom is 0.270 e. The number of hydrogen-bond donors (Lipinski definition) is 2. The number of rotatable bonds is 3. The first-order chi connectivity index (χ1) is 9.81. The Morgan fingerprint density at radius 3 is 2.90 bits per heavy atom. The monoisotopic (exact) mass is 277 g/mol. The Bertz CT molecular complexity index is 465. The molecule has 1 amide bonds. The summed E-state index contributed by atoms with van der Waals surface area (Å²) < 4.78 is 2.13. The summed E-state index contributed by atoms with van der Waals surface area (Å²) >= 11 is 0. The van der Waals surface area contributed by atoms with E-state index in [-0.39, 0.29) is 18.6 Å². The highest BCUT2D eigenvalue weighted by Crippen LogP contribution is 2.25. The van der Waals surface area contributed by atoms with E-state index in [1.54, 1.807) is 0 Å². The smallest absolute Gasteiger partial charge is 0.270 e. The molecule has 2 aliphatic rings. The molecule has 3 rings (SSSR count). The quantitative estimate of drug-likeness (QED) is 0.867. The second-order valence-electron chi connectivity index (χ2n) is 5.76. The van der Waals surface area contributed by atoms with Crippen molar-refractivity contribution in [3.8, 4) is 0 Å². The second-order valence-corrected chi connectivity index (χ2v) is 5.76. The molecule has 5 heteroatoms. The third-order valence-electron chi connectivity index (χ3n) is 4.55. The van der Waals surface area contributed by atoms with Crippen molar-refractivity contribution in [3.05, 3.63) is 24.0 Å². The van der Waals surface area contributed by atoms with Gasteiger partial charge >= 0.3 is 0 Å². The summed E-state index contributed by atoms with van der Waals surface area (Å²) in [5.74, 6) is 0.0742. The number of hydrogen-bond acceptors (Lipinski definition) is 3. The number of aliphatic hydroxyl groups excluding tert-OH is 1. The molecule has 1 aromatic heterocycles. The third-order valence-corrected chi connectivity index (χ3v) is 4.55. The van der Waals surface area contributed by atoms with Crippen LogP contribution in [0.3, 0.4) is 0 Å². The van der Waals surface area contributed by atoms with E-state index >= 15 is 0 Å².